The SMILES string of the molecule is CCCCCC=Cc1cnc2[nH]c3ccc(-c4ccc(OCCC(C=Cc5cccc(F)c5)N(C)C)cc4)cc3c2c1. The van der Waals surface area contributed by atoms with Crippen LogP contribution in [-0.2, 0) is 0 Å². The minimum Gasteiger partial charge on any atom is -0.494 e. The van der Waals surface area contributed by atoms with Gasteiger partial charge in [0.1, 0.15) is 17.2 Å². The Hall–Kier alpha value is -4.22. The van der Waals surface area contributed by atoms with E-state index in [1.807, 2.05) is 44.6 Å². The van der Waals surface area contributed by atoms with Gasteiger partial charge in [-0.05, 0) is 91.7 Å². The van der Waals surface area contributed by atoms with Gasteiger partial charge in [0.05, 0.1) is 6.61 Å². The van der Waals surface area contributed by atoms with Gasteiger partial charge in [-0.25, -0.2) is 9.37 Å². The summed E-state index contributed by atoms with van der Waals surface area (Å²) in [4.78, 5) is 10.3. The topological polar surface area (TPSA) is 41.1 Å². The number of benzene rings is 3. The Morgan fingerprint density at radius 2 is 1.74 bits per heavy atom. The number of unbranched alkanes of at least 4 members (excludes halogenated alkanes) is 3. The van der Waals surface area contributed by atoms with Gasteiger partial charge in [-0.2, -0.15) is 0 Å². The number of hydrogen-bond acceptors (Lipinski definition) is 3. The number of ether oxygens (including phenoxy) is 1. The molecule has 2 heterocycles. The predicted octanol–water partition coefficient (Wildman–Crippen LogP) is 9.53. The van der Waals surface area contributed by atoms with Crippen LogP contribution in [-0.4, -0.2) is 41.6 Å². The van der Waals surface area contributed by atoms with Crippen molar-refractivity contribution in [1.82, 2.24) is 14.9 Å². The third kappa shape index (κ3) is 7.54. The highest BCUT2D eigenvalue weighted by Crippen LogP contribution is 2.31. The molecule has 2 aromatic heterocycles. The minimum atomic E-state index is -0.223. The Morgan fingerprint density at radius 1 is 0.905 bits per heavy atom. The number of aromatic amines is 1. The zero-order chi connectivity index (χ0) is 29.3. The molecule has 0 spiro atoms. The van der Waals surface area contributed by atoms with Crippen molar-refractivity contribution >= 4 is 34.1 Å². The molecule has 5 rings (SSSR count). The molecular weight excluding hydrogens is 521 g/mol. The van der Waals surface area contributed by atoms with Gasteiger partial charge in [0.25, 0.3) is 0 Å². The molecule has 1 atom stereocenters. The summed E-state index contributed by atoms with van der Waals surface area (Å²) in [6, 6.07) is 23.9. The van der Waals surface area contributed by atoms with Gasteiger partial charge in [-0.1, -0.05) is 74.4 Å². The van der Waals surface area contributed by atoms with Crippen LogP contribution >= 0.6 is 0 Å². The van der Waals surface area contributed by atoms with Gasteiger partial charge < -0.3 is 14.6 Å². The molecule has 5 aromatic rings. The second kappa shape index (κ2) is 14.1. The molecule has 0 saturated heterocycles. The molecule has 3 aromatic carbocycles. The molecule has 216 valence electrons. The first kappa shape index (κ1) is 29.3. The van der Waals surface area contributed by atoms with Crippen LogP contribution in [0, 0.1) is 5.82 Å². The Morgan fingerprint density at radius 3 is 2.52 bits per heavy atom. The van der Waals surface area contributed by atoms with E-state index in [0.717, 1.165) is 57.4 Å². The molecule has 0 saturated carbocycles. The summed E-state index contributed by atoms with van der Waals surface area (Å²) in [5, 5.41) is 2.32. The number of aromatic nitrogens is 2. The first-order valence-electron chi connectivity index (χ1n) is 14.9. The molecule has 0 aliphatic rings. The van der Waals surface area contributed by atoms with E-state index in [1.54, 1.807) is 12.1 Å². The second-order valence-corrected chi connectivity index (χ2v) is 11.1. The fourth-order valence-electron chi connectivity index (χ4n) is 5.19. The van der Waals surface area contributed by atoms with Crippen molar-refractivity contribution in [1.29, 1.82) is 0 Å². The van der Waals surface area contributed by atoms with Gasteiger partial charge in [-0.3, -0.25) is 0 Å². The van der Waals surface area contributed by atoms with Crippen molar-refractivity contribution in [3.05, 3.63) is 108 Å². The lowest BCUT2D eigenvalue weighted by molar-refractivity contribution is 0.250. The van der Waals surface area contributed by atoms with Crippen molar-refractivity contribution in [2.75, 3.05) is 20.7 Å². The van der Waals surface area contributed by atoms with Crippen LogP contribution in [0.4, 0.5) is 4.39 Å². The number of rotatable bonds is 13. The van der Waals surface area contributed by atoms with Crippen molar-refractivity contribution in [3.63, 3.8) is 0 Å². The standard InChI is InChI=1S/C37H40FN3O/c1-4-5-6-7-8-10-28-24-35-34-25-30(16-20-36(34)40-37(35)39-26-28)29-14-18-33(19-15-29)42-22-21-32(41(2)3)17-13-27-11-9-12-31(38)23-27/h8-20,23-26,32H,4-7,21-22H2,1-3H3,(H,39,40). The first-order chi connectivity index (χ1) is 20.5. The summed E-state index contributed by atoms with van der Waals surface area (Å²) in [7, 11) is 4.09. The molecule has 1 unspecified atom stereocenters. The monoisotopic (exact) mass is 561 g/mol. The summed E-state index contributed by atoms with van der Waals surface area (Å²) < 4.78 is 19.6. The van der Waals surface area contributed by atoms with Crippen LogP contribution in [0.15, 0.2) is 91.1 Å². The molecule has 1 N–H and O–H groups in total. The van der Waals surface area contributed by atoms with Crippen molar-refractivity contribution < 1.29 is 9.13 Å². The zero-order valence-corrected chi connectivity index (χ0v) is 24.8. The van der Waals surface area contributed by atoms with Crippen LogP contribution in [0.3, 0.4) is 0 Å². The lowest BCUT2D eigenvalue weighted by Gasteiger charge is -2.21. The van der Waals surface area contributed by atoms with Crippen LogP contribution in [0.2, 0.25) is 0 Å². The number of hydrogen-bond donors (Lipinski definition) is 1. The van der Waals surface area contributed by atoms with Crippen LogP contribution in [0.5, 0.6) is 5.75 Å². The molecule has 0 aliphatic heterocycles. The minimum absolute atomic E-state index is 0.182. The van der Waals surface area contributed by atoms with Gasteiger partial charge in [-0.15, -0.1) is 0 Å². The van der Waals surface area contributed by atoms with Crippen LogP contribution in [0.25, 0.3) is 45.2 Å². The highest BCUT2D eigenvalue weighted by molar-refractivity contribution is 6.07. The van der Waals surface area contributed by atoms with Gasteiger partial charge in [0.2, 0.25) is 0 Å². The summed E-state index contributed by atoms with van der Waals surface area (Å²) in [6.07, 6.45) is 16.1. The largest absolute Gasteiger partial charge is 0.494 e. The summed E-state index contributed by atoms with van der Waals surface area (Å²) in [5.41, 5.74) is 6.29. The number of H-pyrrole nitrogens is 1. The molecule has 0 amide bonds. The number of nitrogens with one attached hydrogen (secondary N) is 1. The molecule has 4 nitrogen and oxygen atoms in total. The third-order valence-corrected chi connectivity index (χ3v) is 7.65. The predicted molar refractivity (Wildman–Crippen MR) is 175 cm³/mol. The molecule has 0 aliphatic carbocycles. The second-order valence-electron chi connectivity index (χ2n) is 11.1. The Balaban J connectivity index is 1.23. The zero-order valence-electron chi connectivity index (χ0n) is 24.8. The van der Waals surface area contributed by atoms with Gasteiger partial charge in [0, 0.05) is 34.9 Å². The summed E-state index contributed by atoms with van der Waals surface area (Å²) in [6.45, 7) is 2.81. The van der Waals surface area contributed by atoms with Crippen LogP contribution < -0.4 is 4.74 Å². The number of likely N-dealkylation sites (N-methyl/N-ethyl adjacent to an activating group) is 1. The number of pyridine rings is 1. The number of halogens is 1. The molecule has 42 heavy (non-hydrogen) atoms. The number of fused-ring (bicyclic) bond motifs is 3. The number of allylic oxidation sites excluding steroid dienone is 1. The molecule has 0 bridgehead atoms. The maximum absolute atomic E-state index is 13.5. The van der Waals surface area contributed by atoms with E-state index in [0.29, 0.717) is 6.61 Å². The van der Waals surface area contributed by atoms with E-state index >= 15 is 0 Å². The Labute approximate surface area is 248 Å². The quantitative estimate of drug-likeness (QED) is 0.146. The van der Waals surface area contributed by atoms with E-state index < -0.39 is 0 Å². The van der Waals surface area contributed by atoms with Crippen molar-refractivity contribution in [2.45, 2.75) is 45.1 Å². The third-order valence-electron chi connectivity index (χ3n) is 7.65. The average Bonchev–Trinajstić information content (AvgIpc) is 3.36. The van der Waals surface area contributed by atoms with Crippen LogP contribution in [0.1, 0.15) is 50.2 Å². The van der Waals surface area contributed by atoms with Crippen molar-refractivity contribution in [2.24, 2.45) is 0 Å². The fraction of sp³-hybridized carbons (Fsp3) is 0.270. The van der Waals surface area contributed by atoms with E-state index in [1.165, 1.54) is 30.7 Å². The maximum atomic E-state index is 13.5. The van der Waals surface area contributed by atoms with E-state index in [4.69, 9.17) is 4.74 Å². The van der Waals surface area contributed by atoms with E-state index in [-0.39, 0.29) is 11.9 Å². The first-order valence-corrected chi connectivity index (χ1v) is 14.9. The lowest BCUT2D eigenvalue weighted by Crippen LogP contribution is -2.27. The lowest BCUT2D eigenvalue weighted by atomic mass is 10.0. The molecule has 0 radical (unpaired) electrons. The molecule has 0 fully saturated rings. The summed E-state index contributed by atoms with van der Waals surface area (Å²) in [5.74, 6) is 0.622. The highest BCUT2D eigenvalue weighted by Gasteiger charge is 2.10. The van der Waals surface area contributed by atoms with Crippen molar-refractivity contribution in [3.8, 4) is 16.9 Å². The molecular formula is C37H40FN3O. The normalized spacial score (nSPS) is 12.8. The van der Waals surface area contributed by atoms with E-state index in [9.17, 15) is 4.39 Å². The molecule has 5 heteroatoms. The van der Waals surface area contributed by atoms with E-state index in [2.05, 4.69) is 76.4 Å². The number of nitrogens with zero attached hydrogens (tertiary/aromatic N) is 2. The fourth-order valence-corrected chi connectivity index (χ4v) is 5.19. The Bertz CT molecular complexity index is 1670. The van der Waals surface area contributed by atoms with Gasteiger partial charge >= 0.3 is 0 Å². The smallest absolute Gasteiger partial charge is 0.138 e. The summed E-state index contributed by atoms with van der Waals surface area (Å²) >= 11 is 0. The average molecular weight is 562 g/mol. The highest BCUT2D eigenvalue weighted by atomic mass is 19.1. The maximum Gasteiger partial charge on any atom is 0.138 e. The Kier molecular flexibility index (Phi) is 9.83. The van der Waals surface area contributed by atoms with Gasteiger partial charge in [0.15, 0.2) is 0 Å².